The molecule has 37 heavy (non-hydrogen) atoms. The third-order valence-corrected chi connectivity index (χ3v) is 5.21. The van der Waals surface area contributed by atoms with Gasteiger partial charge in [-0.15, -0.1) is 13.2 Å². The van der Waals surface area contributed by atoms with Crippen LogP contribution in [0.5, 0.6) is 5.75 Å². The van der Waals surface area contributed by atoms with Crippen LogP contribution >= 0.6 is 0 Å². The number of amides is 3. The van der Waals surface area contributed by atoms with Crippen LogP contribution in [0.25, 0.3) is 0 Å². The third kappa shape index (κ3) is 9.98. The van der Waals surface area contributed by atoms with E-state index in [0.717, 1.165) is 5.56 Å². The van der Waals surface area contributed by atoms with Crippen LogP contribution in [0.4, 0.5) is 4.79 Å². The van der Waals surface area contributed by atoms with Gasteiger partial charge >= 0.3 is 12.1 Å². The number of allylic oxidation sites excluding steroid dienone is 2. The van der Waals surface area contributed by atoms with Gasteiger partial charge in [-0.2, -0.15) is 0 Å². The maximum atomic E-state index is 13.3. The van der Waals surface area contributed by atoms with Gasteiger partial charge in [-0.3, -0.25) is 14.5 Å². The van der Waals surface area contributed by atoms with E-state index in [0.29, 0.717) is 30.6 Å². The monoisotopic (exact) mass is 517 g/mol. The average molecular weight is 518 g/mol. The van der Waals surface area contributed by atoms with Gasteiger partial charge in [0.05, 0.1) is 20.8 Å². The fourth-order valence-corrected chi connectivity index (χ4v) is 3.46. The molecule has 1 aromatic rings. The summed E-state index contributed by atoms with van der Waals surface area (Å²) in [5.74, 6) is -1.19. The maximum Gasteiger partial charge on any atom is 0.410 e. The smallest absolute Gasteiger partial charge is 0.410 e. The summed E-state index contributed by atoms with van der Waals surface area (Å²) in [6.45, 7) is 12.1. The number of rotatable bonds is 13. The summed E-state index contributed by atoms with van der Waals surface area (Å²) in [4.78, 5) is 51.8. The lowest BCUT2D eigenvalue weighted by molar-refractivity contribution is -0.145. The molecule has 2 unspecified atom stereocenters. The lowest BCUT2D eigenvalue weighted by Gasteiger charge is -2.30. The van der Waals surface area contributed by atoms with Gasteiger partial charge in [-0.25, -0.2) is 9.59 Å². The van der Waals surface area contributed by atoms with E-state index in [-0.39, 0.29) is 0 Å². The van der Waals surface area contributed by atoms with Crippen LogP contribution in [-0.4, -0.2) is 68.2 Å². The lowest BCUT2D eigenvalue weighted by Crippen LogP contribution is -2.48. The number of hydrogen-bond acceptors (Lipinski definition) is 7. The second-order valence-electron chi connectivity index (χ2n) is 9.28. The minimum atomic E-state index is -1.12. The molecule has 10 heteroatoms. The molecule has 2 atom stereocenters. The van der Waals surface area contributed by atoms with Crippen molar-refractivity contribution in [3.63, 3.8) is 0 Å². The van der Waals surface area contributed by atoms with Crippen molar-refractivity contribution in [2.45, 2.75) is 57.7 Å². The molecule has 3 amide bonds. The van der Waals surface area contributed by atoms with E-state index < -0.39 is 48.1 Å². The number of nitrogens with one attached hydrogen (secondary N) is 2. The maximum absolute atomic E-state index is 13.3. The van der Waals surface area contributed by atoms with Crippen molar-refractivity contribution in [3.05, 3.63) is 54.6 Å². The first-order valence-corrected chi connectivity index (χ1v) is 11.9. The Morgan fingerprint density at radius 3 is 2.32 bits per heavy atom. The second-order valence-corrected chi connectivity index (χ2v) is 9.28. The minimum Gasteiger partial charge on any atom is -0.496 e. The predicted octanol–water partition coefficient (Wildman–Crippen LogP) is 3.07. The SMILES string of the molecule is C=CCCC(NC(=O)CNC(=O)C(c1ccc(OC)c(CC=C)c1)N(C)C(=O)OC(C)(C)C)C(=O)OC. The van der Waals surface area contributed by atoms with Gasteiger partial charge in [0.2, 0.25) is 11.8 Å². The molecule has 1 rings (SSSR count). The molecule has 0 aliphatic rings. The first-order valence-electron chi connectivity index (χ1n) is 11.9. The number of carbonyl (C=O) groups excluding carboxylic acids is 4. The van der Waals surface area contributed by atoms with E-state index in [4.69, 9.17) is 14.2 Å². The number of esters is 1. The molecular formula is C27H39N3O7. The largest absolute Gasteiger partial charge is 0.496 e. The zero-order valence-corrected chi connectivity index (χ0v) is 22.6. The molecule has 0 aliphatic heterocycles. The summed E-state index contributed by atoms with van der Waals surface area (Å²) in [6.07, 6.45) is 3.87. The third-order valence-electron chi connectivity index (χ3n) is 5.21. The van der Waals surface area contributed by atoms with Gasteiger partial charge in [-0.1, -0.05) is 18.2 Å². The number of methoxy groups -OCH3 is 2. The second kappa shape index (κ2) is 14.7. The van der Waals surface area contributed by atoms with Crippen LogP contribution in [0.2, 0.25) is 0 Å². The highest BCUT2D eigenvalue weighted by Gasteiger charge is 2.32. The molecule has 0 saturated carbocycles. The van der Waals surface area contributed by atoms with E-state index >= 15 is 0 Å². The summed E-state index contributed by atoms with van der Waals surface area (Å²) in [7, 11) is 4.20. The molecule has 0 spiro atoms. The summed E-state index contributed by atoms with van der Waals surface area (Å²) in [5, 5.41) is 5.11. The standard InChI is InChI=1S/C27H39N3O7/c1-9-11-13-20(25(33)36-8)29-22(31)17-28-24(32)23(30(6)26(34)37-27(3,4)5)19-14-15-21(35-7)18(16-19)12-10-2/h9-10,14-16,20,23H,1-2,11-13,17H2,3-8H3,(H,28,32)(H,29,31). The van der Waals surface area contributed by atoms with E-state index in [9.17, 15) is 19.2 Å². The normalized spacial score (nSPS) is 12.4. The van der Waals surface area contributed by atoms with Gasteiger partial charge in [0.15, 0.2) is 0 Å². The van der Waals surface area contributed by atoms with E-state index in [1.54, 1.807) is 51.1 Å². The highest BCUT2D eigenvalue weighted by Crippen LogP contribution is 2.28. The van der Waals surface area contributed by atoms with Crippen LogP contribution < -0.4 is 15.4 Å². The summed E-state index contributed by atoms with van der Waals surface area (Å²) in [5.41, 5.74) is 0.475. The molecule has 10 nitrogen and oxygen atoms in total. The summed E-state index contributed by atoms with van der Waals surface area (Å²) in [6, 6.07) is 3.11. The molecule has 0 saturated heterocycles. The zero-order chi connectivity index (χ0) is 28.2. The van der Waals surface area contributed by atoms with Crippen molar-refractivity contribution in [3.8, 4) is 5.75 Å². The van der Waals surface area contributed by atoms with Crippen LogP contribution in [0, 0.1) is 0 Å². The van der Waals surface area contributed by atoms with E-state index in [1.165, 1.54) is 26.2 Å². The van der Waals surface area contributed by atoms with Crippen molar-refractivity contribution in [1.29, 1.82) is 0 Å². The predicted molar refractivity (Wildman–Crippen MR) is 140 cm³/mol. The van der Waals surface area contributed by atoms with Crippen LogP contribution in [0.1, 0.15) is 50.8 Å². The molecule has 0 aliphatic carbocycles. The number of likely N-dealkylation sites (N-methyl/N-ethyl adjacent to an activating group) is 1. The fraction of sp³-hybridized carbons (Fsp3) is 0.481. The van der Waals surface area contributed by atoms with Crippen LogP contribution in [0.3, 0.4) is 0 Å². The van der Waals surface area contributed by atoms with Crippen molar-refractivity contribution < 1.29 is 33.4 Å². The molecule has 0 fully saturated rings. The van der Waals surface area contributed by atoms with Gasteiger partial charge in [-0.05, 0) is 63.3 Å². The fourth-order valence-electron chi connectivity index (χ4n) is 3.46. The number of nitrogens with zero attached hydrogens (tertiary/aromatic N) is 1. The first-order chi connectivity index (χ1) is 17.4. The van der Waals surface area contributed by atoms with Gasteiger partial charge < -0.3 is 24.8 Å². The van der Waals surface area contributed by atoms with Crippen molar-refractivity contribution in [2.24, 2.45) is 0 Å². The zero-order valence-electron chi connectivity index (χ0n) is 22.6. The minimum absolute atomic E-state index is 0.303. The van der Waals surface area contributed by atoms with Crippen molar-refractivity contribution in [2.75, 3.05) is 27.8 Å². The molecule has 1 aromatic carbocycles. The van der Waals surface area contributed by atoms with Gasteiger partial charge in [0.1, 0.15) is 23.4 Å². The Balaban J connectivity index is 3.19. The molecule has 0 radical (unpaired) electrons. The number of carbonyl (C=O) groups is 4. The van der Waals surface area contributed by atoms with E-state index in [1.807, 2.05) is 0 Å². The quantitative estimate of drug-likeness (QED) is 0.304. The number of ether oxygens (including phenoxy) is 3. The first kappa shape index (κ1) is 31.2. The Kier molecular flexibility index (Phi) is 12.4. The van der Waals surface area contributed by atoms with Crippen molar-refractivity contribution >= 4 is 23.9 Å². The topological polar surface area (TPSA) is 123 Å². The Bertz CT molecular complexity index is 985. The van der Waals surface area contributed by atoms with Crippen LogP contribution in [0.15, 0.2) is 43.5 Å². The molecular weight excluding hydrogens is 478 g/mol. The average Bonchev–Trinajstić information content (AvgIpc) is 2.84. The Labute approximate surface area is 219 Å². The van der Waals surface area contributed by atoms with E-state index in [2.05, 4.69) is 23.8 Å². The highest BCUT2D eigenvalue weighted by molar-refractivity contribution is 5.91. The molecule has 204 valence electrons. The summed E-state index contributed by atoms with van der Waals surface area (Å²) >= 11 is 0. The highest BCUT2D eigenvalue weighted by atomic mass is 16.6. The lowest BCUT2D eigenvalue weighted by atomic mass is 10.00. The van der Waals surface area contributed by atoms with Crippen molar-refractivity contribution in [1.82, 2.24) is 15.5 Å². The van der Waals surface area contributed by atoms with Crippen LogP contribution in [-0.2, 0) is 30.3 Å². The molecule has 0 bridgehead atoms. The Morgan fingerprint density at radius 2 is 1.78 bits per heavy atom. The van der Waals surface area contributed by atoms with Gasteiger partial charge in [0.25, 0.3) is 0 Å². The molecule has 2 N–H and O–H groups in total. The number of hydrogen-bond donors (Lipinski definition) is 2. The number of benzene rings is 1. The Hall–Kier alpha value is -3.82. The molecule has 0 heterocycles. The molecule has 0 aromatic heterocycles. The summed E-state index contributed by atoms with van der Waals surface area (Å²) < 4.78 is 15.6. The van der Waals surface area contributed by atoms with Gasteiger partial charge in [0, 0.05) is 7.05 Å². The Morgan fingerprint density at radius 1 is 1.11 bits per heavy atom.